The number of nitrogens with one attached hydrogen (secondary N) is 2. The molecule has 0 aliphatic rings. The molecule has 0 saturated carbocycles. The lowest BCUT2D eigenvalue weighted by atomic mass is 10.1. The highest BCUT2D eigenvalue weighted by atomic mass is 16.6. The van der Waals surface area contributed by atoms with Gasteiger partial charge in [0.2, 0.25) is 0 Å². The van der Waals surface area contributed by atoms with Crippen LogP contribution in [-0.2, 0) is 9.68 Å². The number of hydrogen-bond acceptors (Lipinski definition) is 4. The number of benzene rings is 1. The molecule has 2 amide bonds. The Hall–Kier alpha value is -1.92. The van der Waals surface area contributed by atoms with Crippen molar-refractivity contribution in [2.75, 3.05) is 14.2 Å². The van der Waals surface area contributed by atoms with Crippen LogP contribution < -0.4 is 11.0 Å². The fourth-order valence-electron chi connectivity index (χ4n) is 1.08. The van der Waals surface area contributed by atoms with Crippen LogP contribution in [-0.4, -0.2) is 26.0 Å². The maximum atomic E-state index is 11.3. The monoisotopic (exact) mass is 224 g/mol. The van der Waals surface area contributed by atoms with E-state index in [-0.39, 0.29) is 11.8 Å². The van der Waals surface area contributed by atoms with E-state index >= 15 is 0 Å². The lowest BCUT2D eigenvalue weighted by Crippen LogP contribution is -2.23. The highest BCUT2D eigenvalue weighted by Crippen LogP contribution is 2.04. The Bertz CT molecular complexity index is 338. The molecule has 16 heavy (non-hydrogen) atoms. The van der Waals surface area contributed by atoms with Gasteiger partial charge in [-0.2, -0.15) is 0 Å². The summed E-state index contributed by atoms with van der Waals surface area (Å²) in [6, 6.07) is 6.05. The molecule has 0 bridgehead atoms. The zero-order valence-corrected chi connectivity index (χ0v) is 8.94. The molecular weight excluding hydrogens is 212 g/mol. The minimum Gasteiger partial charge on any atom is -0.277 e. The SMILES string of the molecule is CONC(=O)c1ccc(C(=O)NOC)cc1. The number of carbonyl (C=O) groups excluding carboxylic acids is 2. The molecule has 0 fully saturated rings. The molecule has 2 N–H and O–H groups in total. The van der Waals surface area contributed by atoms with Crippen molar-refractivity contribution in [1.29, 1.82) is 0 Å². The van der Waals surface area contributed by atoms with Crippen LogP contribution in [0, 0.1) is 0 Å². The summed E-state index contributed by atoms with van der Waals surface area (Å²) in [7, 11) is 2.69. The van der Waals surface area contributed by atoms with Crippen molar-refractivity contribution in [3.05, 3.63) is 35.4 Å². The summed E-state index contributed by atoms with van der Waals surface area (Å²) in [5.41, 5.74) is 5.14. The third-order valence-electron chi connectivity index (χ3n) is 1.80. The Morgan fingerprint density at radius 3 is 1.44 bits per heavy atom. The van der Waals surface area contributed by atoms with Gasteiger partial charge in [-0.3, -0.25) is 19.3 Å². The molecule has 6 heteroatoms. The molecule has 0 spiro atoms. The lowest BCUT2D eigenvalue weighted by Gasteiger charge is -2.04. The number of hydroxylamine groups is 2. The van der Waals surface area contributed by atoms with E-state index in [1.54, 1.807) is 0 Å². The van der Waals surface area contributed by atoms with E-state index in [1.165, 1.54) is 38.5 Å². The van der Waals surface area contributed by atoms with Crippen molar-refractivity contribution in [2.24, 2.45) is 0 Å². The number of rotatable bonds is 4. The Labute approximate surface area is 92.4 Å². The molecule has 0 heterocycles. The summed E-state index contributed by atoms with van der Waals surface area (Å²) >= 11 is 0. The first-order valence-corrected chi connectivity index (χ1v) is 4.45. The summed E-state index contributed by atoms with van der Waals surface area (Å²) in [5, 5.41) is 0. The highest BCUT2D eigenvalue weighted by Gasteiger charge is 2.07. The predicted molar refractivity (Wildman–Crippen MR) is 55.4 cm³/mol. The average molecular weight is 224 g/mol. The van der Waals surface area contributed by atoms with Gasteiger partial charge in [0.25, 0.3) is 11.8 Å². The molecule has 0 radical (unpaired) electrons. The first-order chi connectivity index (χ1) is 7.69. The molecule has 1 aromatic carbocycles. The van der Waals surface area contributed by atoms with Gasteiger partial charge in [0.15, 0.2) is 0 Å². The smallest absolute Gasteiger partial charge is 0.274 e. The van der Waals surface area contributed by atoms with E-state index in [0.29, 0.717) is 11.1 Å². The van der Waals surface area contributed by atoms with Crippen molar-refractivity contribution in [1.82, 2.24) is 11.0 Å². The molecule has 86 valence electrons. The fourth-order valence-corrected chi connectivity index (χ4v) is 1.08. The minimum absolute atomic E-state index is 0.374. The van der Waals surface area contributed by atoms with Gasteiger partial charge in [-0.1, -0.05) is 0 Å². The van der Waals surface area contributed by atoms with Crippen LogP contribution in [0.15, 0.2) is 24.3 Å². The summed E-state index contributed by atoms with van der Waals surface area (Å²) < 4.78 is 0. The van der Waals surface area contributed by atoms with Crippen molar-refractivity contribution < 1.29 is 19.3 Å². The zero-order valence-electron chi connectivity index (χ0n) is 8.94. The maximum absolute atomic E-state index is 11.3. The Morgan fingerprint density at radius 2 is 1.19 bits per heavy atom. The standard InChI is InChI=1S/C10H12N2O4/c1-15-11-9(13)7-3-5-8(6-4-7)10(14)12-16-2/h3-6H,1-2H3,(H,11,13)(H,12,14). The summed E-state index contributed by atoms with van der Waals surface area (Å²) in [4.78, 5) is 31.5. The minimum atomic E-state index is -0.374. The van der Waals surface area contributed by atoms with Gasteiger partial charge in [0.1, 0.15) is 0 Å². The van der Waals surface area contributed by atoms with Gasteiger partial charge < -0.3 is 0 Å². The normalized spacial score (nSPS) is 9.62. The molecule has 0 aliphatic heterocycles. The second kappa shape index (κ2) is 5.84. The second-order valence-corrected chi connectivity index (χ2v) is 2.85. The lowest BCUT2D eigenvalue weighted by molar-refractivity contribution is 0.0529. The van der Waals surface area contributed by atoms with Crippen molar-refractivity contribution in [3.8, 4) is 0 Å². The van der Waals surface area contributed by atoms with E-state index in [0.717, 1.165) is 0 Å². The van der Waals surface area contributed by atoms with Crippen LogP contribution in [0.25, 0.3) is 0 Å². The quantitative estimate of drug-likeness (QED) is 0.720. The van der Waals surface area contributed by atoms with E-state index in [4.69, 9.17) is 0 Å². The average Bonchev–Trinajstić information content (AvgIpc) is 2.30. The van der Waals surface area contributed by atoms with Crippen LogP contribution in [0.5, 0.6) is 0 Å². The van der Waals surface area contributed by atoms with Crippen molar-refractivity contribution in [2.45, 2.75) is 0 Å². The zero-order chi connectivity index (χ0) is 12.0. The van der Waals surface area contributed by atoms with E-state index in [9.17, 15) is 9.59 Å². The second-order valence-electron chi connectivity index (χ2n) is 2.85. The molecule has 0 unspecified atom stereocenters. The fraction of sp³-hybridized carbons (Fsp3) is 0.200. The van der Waals surface area contributed by atoms with Crippen LogP contribution >= 0.6 is 0 Å². The molecule has 1 aromatic rings. The Balaban J connectivity index is 2.75. The predicted octanol–water partition coefficient (Wildman–Crippen LogP) is 0.269. The van der Waals surface area contributed by atoms with E-state index in [2.05, 4.69) is 20.6 Å². The Morgan fingerprint density at radius 1 is 0.875 bits per heavy atom. The summed E-state index contributed by atoms with van der Waals surface area (Å²) in [6.07, 6.45) is 0. The van der Waals surface area contributed by atoms with Crippen LogP contribution in [0.2, 0.25) is 0 Å². The van der Waals surface area contributed by atoms with Crippen LogP contribution in [0.4, 0.5) is 0 Å². The van der Waals surface area contributed by atoms with Gasteiger partial charge in [0, 0.05) is 11.1 Å². The van der Waals surface area contributed by atoms with E-state index in [1.807, 2.05) is 0 Å². The maximum Gasteiger partial charge on any atom is 0.274 e. The third kappa shape index (κ3) is 3.04. The first kappa shape index (κ1) is 12.2. The summed E-state index contributed by atoms with van der Waals surface area (Å²) in [5.74, 6) is -0.748. The van der Waals surface area contributed by atoms with Gasteiger partial charge in [0.05, 0.1) is 14.2 Å². The molecule has 0 atom stereocenters. The number of carbonyl (C=O) groups is 2. The third-order valence-corrected chi connectivity index (χ3v) is 1.80. The molecule has 0 aliphatic carbocycles. The number of amides is 2. The van der Waals surface area contributed by atoms with E-state index < -0.39 is 0 Å². The largest absolute Gasteiger partial charge is 0.277 e. The molecule has 1 rings (SSSR count). The van der Waals surface area contributed by atoms with Crippen molar-refractivity contribution >= 4 is 11.8 Å². The molecule has 0 saturated heterocycles. The molecular formula is C10H12N2O4. The Kier molecular flexibility index (Phi) is 4.43. The molecule has 0 aromatic heterocycles. The van der Waals surface area contributed by atoms with Crippen LogP contribution in [0.3, 0.4) is 0 Å². The first-order valence-electron chi connectivity index (χ1n) is 4.45. The topological polar surface area (TPSA) is 76.7 Å². The molecule has 6 nitrogen and oxygen atoms in total. The summed E-state index contributed by atoms with van der Waals surface area (Å²) in [6.45, 7) is 0. The van der Waals surface area contributed by atoms with Gasteiger partial charge in [-0.25, -0.2) is 11.0 Å². The highest BCUT2D eigenvalue weighted by molar-refractivity contribution is 5.97. The van der Waals surface area contributed by atoms with Crippen LogP contribution in [0.1, 0.15) is 20.7 Å². The number of hydrogen-bond donors (Lipinski definition) is 2. The van der Waals surface area contributed by atoms with Gasteiger partial charge in [-0.15, -0.1) is 0 Å². The van der Waals surface area contributed by atoms with Gasteiger partial charge in [-0.05, 0) is 24.3 Å². The van der Waals surface area contributed by atoms with Crippen molar-refractivity contribution in [3.63, 3.8) is 0 Å². The van der Waals surface area contributed by atoms with Gasteiger partial charge >= 0.3 is 0 Å².